The molecule has 0 aliphatic heterocycles. The first-order valence-corrected chi connectivity index (χ1v) is 9.02. The standard InChI is InChI=1S/C20H34O3/c1-14(10-12-21)5-7-16-15(2)6-8-17-19(16,3)11-9-18(23)20(17,4)13-22/h10,16-18,21-23H,2,5-9,11-13H2,1,3-4H3. The highest BCUT2D eigenvalue weighted by molar-refractivity contribution is 5.18. The zero-order valence-electron chi connectivity index (χ0n) is 15.0. The minimum Gasteiger partial charge on any atom is -0.396 e. The van der Waals surface area contributed by atoms with Crippen molar-refractivity contribution in [2.75, 3.05) is 13.2 Å². The van der Waals surface area contributed by atoms with E-state index in [4.69, 9.17) is 5.11 Å². The van der Waals surface area contributed by atoms with Crippen LogP contribution < -0.4 is 0 Å². The molecule has 0 aromatic heterocycles. The van der Waals surface area contributed by atoms with Crippen LogP contribution in [0.25, 0.3) is 0 Å². The lowest BCUT2D eigenvalue weighted by atomic mass is 9.46. The van der Waals surface area contributed by atoms with Gasteiger partial charge >= 0.3 is 0 Å². The fourth-order valence-corrected chi connectivity index (χ4v) is 5.36. The van der Waals surface area contributed by atoms with Crippen LogP contribution in [0.5, 0.6) is 0 Å². The average molecular weight is 322 g/mol. The van der Waals surface area contributed by atoms with Crippen molar-refractivity contribution < 1.29 is 15.3 Å². The lowest BCUT2D eigenvalue weighted by Crippen LogP contribution is -2.57. The molecule has 2 aliphatic rings. The topological polar surface area (TPSA) is 60.7 Å². The molecule has 3 heteroatoms. The largest absolute Gasteiger partial charge is 0.396 e. The van der Waals surface area contributed by atoms with Gasteiger partial charge in [0.25, 0.3) is 0 Å². The van der Waals surface area contributed by atoms with E-state index >= 15 is 0 Å². The van der Waals surface area contributed by atoms with Gasteiger partial charge in [0, 0.05) is 5.41 Å². The monoisotopic (exact) mass is 322 g/mol. The maximum Gasteiger partial charge on any atom is 0.0618 e. The second-order valence-electron chi connectivity index (χ2n) is 8.30. The quantitative estimate of drug-likeness (QED) is 0.679. The van der Waals surface area contributed by atoms with E-state index in [-0.39, 0.29) is 18.6 Å². The van der Waals surface area contributed by atoms with Crippen LogP contribution in [-0.2, 0) is 0 Å². The van der Waals surface area contributed by atoms with Gasteiger partial charge in [-0.15, -0.1) is 0 Å². The van der Waals surface area contributed by atoms with Crippen LogP contribution in [0.3, 0.4) is 0 Å². The number of rotatable bonds is 5. The van der Waals surface area contributed by atoms with Crippen LogP contribution in [0, 0.1) is 22.7 Å². The van der Waals surface area contributed by atoms with Gasteiger partial charge in [-0.2, -0.15) is 0 Å². The Labute approximate surface area is 141 Å². The molecule has 0 bridgehead atoms. The number of aliphatic hydroxyl groups excluding tert-OH is 3. The summed E-state index contributed by atoms with van der Waals surface area (Å²) in [6.45, 7) is 11.0. The van der Waals surface area contributed by atoms with Crippen molar-refractivity contribution in [3.63, 3.8) is 0 Å². The van der Waals surface area contributed by atoms with Gasteiger partial charge in [0.2, 0.25) is 0 Å². The summed E-state index contributed by atoms with van der Waals surface area (Å²) >= 11 is 0. The third kappa shape index (κ3) is 3.29. The van der Waals surface area contributed by atoms with E-state index in [9.17, 15) is 10.2 Å². The molecule has 3 N–H and O–H groups in total. The second-order valence-corrected chi connectivity index (χ2v) is 8.30. The minimum atomic E-state index is -0.409. The molecule has 0 heterocycles. The number of allylic oxidation sites excluding steroid dienone is 2. The van der Waals surface area contributed by atoms with Crippen LogP contribution in [0.1, 0.15) is 59.3 Å². The first-order chi connectivity index (χ1) is 10.8. The van der Waals surface area contributed by atoms with Crippen LogP contribution in [-0.4, -0.2) is 34.6 Å². The zero-order chi connectivity index (χ0) is 17.3. The van der Waals surface area contributed by atoms with Crippen molar-refractivity contribution in [1.82, 2.24) is 0 Å². The summed E-state index contributed by atoms with van der Waals surface area (Å²) in [7, 11) is 0. The molecular formula is C20H34O3. The molecule has 0 spiro atoms. The van der Waals surface area contributed by atoms with Crippen molar-refractivity contribution in [2.45, 2.75) is 65.4 Å². The van der Waals surface area contributed by atoms with Crippen molar-refractivity contribution in [3.05, 3.63) is 23.8 Å². The molecule has 23 heavy (non-hydrogen) atoms. The minimum absolute atomic E-state index is 0.0526. The molecule has 0 amide bonds. The third-order valence-electron chi connectivity index (χ3n) is 6.96. The molecule has 2 fully saturated rings. The predicted molar refractivity (Wildman–Crippen MR) is 94.0 cm³/mol. The van der Waals surface area contributed by atoms with Gasteiger partial charge in [0.1, 0.15) is 0 Å². The Morgan fingerprint density at radius 1 is 1.30 bits per heavy atom. The van der Waals surface area contributed by atoms with E-state index in [1.165, 1.54) is 11.1 Å². The fraction of sp³-hybridized carbons (Fsp3) is 0.800. The van der Waals surface area contributed by atoms with Crippen molar-refractivity contribution in [1.29, 1.82) is 0 Å². The van der Waals surface area contributed by atoms with Crippen molar-refractivity contribution in [2.24, 2.45) is 22.7 Å². The number of hydrogen-bond acceptors (Lipinski definition) is 3. The van der Waals surface area contributed by atoms with Crippen LogP contribution in [0.4, 0.5) is 0 Å². The van der Waals surface area contributed by atoms with Crippen LogP contribution in [0.15, 0.2) is 23.8 Å². The zero-order valence-corrected chi connectivity index (χ0v) is 15.0. The lowest BCUT2D eigenvalue weighted by molar-refractivity contribution is -0.152. The molecular weight excluding hydrogens is 288 g/mol. The van der Waals surface area contributed by atoms with Gasteiger partial charge < -0.3 is 15.3 Å². The third-order valence-corrected chi connectivity index (χ3v) is 6.96. The van der Waals surface area contributed by atoms with Crippen molar-refractivity contribution in [3.8, 4) is 0 Å². The van der Waals surface area contributed by atoms with Gasteiger partial charge in [0.05, 0.1) is 19.3 Å². The molecule has 2 saturated carbocycles. The van der Waals surface area contributed by atoms with E-state index in [1.54, 1.807) is 0 Å². The molecule has 0 aromatic carbocycles. The average Bonchev–Trinajstić information content (AvgIpc) is 2.51. The summed E-state index contributed by atoms with van der Waals surface area (Å²) in [5.41, 5.74) is 2.26. The summed E-state index contributed by atoms with van der Waals surface area (Å²) in [5.74, 6) is 0.767. The van der Waals surface area contributed by atoms with Gasteiger partial charge in [-0.3, -0.25) is 0 Å². The SMILES string of the molecule is C=C1CCC2C(C)(CO)C(O)CCC2(C)C1CCC(C)=CCO. The number of aliphatic hydroxyl groups is 3. The lowest BCUT2D eigenvalue weighted by Gasteiger charge is -2.60. The van der Waals surface area contributed by atoms with Gasteiger partial charge in [0.15, 0.2) is 0 Å². The first-order valence-electron chi connectivity index (χ1n) is 9.02. The Morgan fingerprint density at radius 2 is 2.00 bits per heavy atom. The highest BCUT2D eigenvalue weighted by Crippen LogP contribution is 2.61. The maximum absolute atomic E-state index is 10.5. The second kappa shape index (κ2) is 7.08. The summed E-state index contributed by atoms with van der Waals surface area (Å²) in [6.07, 6.45) is 7.28. The molecule has 0 aromatic rings. The molecule has 5 unspecified atom stereocenters. The summed E-state index contributed by atoms with van der Waals surface area (Å²) in [4.78, 5) is 0. The van der Waals surface area contributed by atoms with E-state index in [0.717, 1.165) is 38.5 Å². The Kier molecular flexibility index (Phi) is 5.76. The Hall–Kier alpha value is -0.640. The normalized spacial score (nSPS) is 41.7. The van der Waals surface area contributed by atoms with E-state index < -0.39 is 11.5 Å². The summed E-state index contributed by atoms with van der Waals surface area (Å²) in [5, 5.41) is 29.5. The molecule has 5 atom stereocenters. The Balaban J connectivity index is 2.25. The van der Waals surface area contributed by atoms with Crippen LogP contribution in [0.2, 0.25) is 0 Å². The maximum atomic E-state index is 10.5. The van der Waals surface area contributed by atoms with Crippen LogP contribution >= 0.6 is 0 Å². The van der Waals surface area contributed by atoms with E-state index in [0.29, 0.717) is 11.8 Å². The highest BCUT2D eigenvalue weighted by Gasteiger charge is 2.57. The highest BCUT2D eigenvalue weighted by atomic mass is 16.3. The van der Waals surface area contributed by atoms with E-state index in [1.807, 2.05) is 6.08 Å². The Morgan fingerprint density at radius 3 is 2.61 bits per heavy atom. The molecule has 0 radical (unpaired) electrons. The predicted octanol–water partition coefficient (Wildman–Crippen LogP) is 3.45. The fourth-order valence-electron chi connectivity index (χ4n) is 5.36. The summed E-state index contributed by atoms with van der Waals surface area (Å²) < 4.78 is 0. The smallest absolute Gasteiger partial charge is 0.0618 e. The molecule has 3 nitrogen and oxygen atoms in total. The number of hydrogen-bond donors (Lipinski definition) is 3. The Bertz CT molecular complexity index is 470. The molecule has 0 saturated heterocycles. The summed E-state index contributed by atoms with van der Waals surface area (Å²) in [6, 6.07) is 0. The molecule has 2 aliphatic carbocycles. The molecule has 2 rings (SSSR count). The van der Waals surface area contributed by atoms with Gasteiger partial charge in [-0.05, 0) is 62.7 Å². The number of fused-ring (bicyclic) bond motifs is 1. The first kappa shape index (κ1) is 18.7. The van der Waals surface area contributed by atoms with Crippen molar-refractivity contribution >= 4 is 0 Å². The van der Waals surface area contributed by atoms with Gasteiger partial charge in [-0.1, -0.05) is 37.6 Å². The van der Waals surface area contributed by atoms with E-state index in [2.05, 4.69) is 27.4 Å². The van der Waals surface area contributed by atoms with Gasteiger partial charge in [-0.25, -0.2) is 0 Å². The molecule has 132 valence electrons.